The molecule has 0 radical (unpaired) electrons. The maximum Gasteiger partial charge on any atom is 0.289 e. The first-order chi connectivity index (χ1) is 8.22. The molecule has 0 fully saturated rings. The van der Waals surface area contributed by atoms with Gasteiger partial charge >= 0.3 is 0 Å². The first kappa shape index (κ1) is 17.8. The highest BCUT2D eigenvalue weighted by atomic mass is 35.5. The zero-order chi connectivity index (χ0) is 14.1. The van der Waals surface area contributed by atoms with Crippen LogP contribution in [0, 0.1) is 10.1 Å². The highest BCUT2D eigenvalue weighted by molar-refractivity contribution is 6.32. The molecule has 0 saturated heterocycles. The van der Waals surface area contributed by atoms with Crippen LogP contribution in [-0.2, 0) is 0 Å². The molecule has 1 rings (SSSR count). The van der Waals surface area contributed by atoms with E-state index in [1.165, 1.54) is 0 Å². The van der Waals surface area contributed by atoms with E-state index in [9.17, 15) is 24.0 Å². The number of nitrogens with zero attached hydrogens (tertiary/aromatic N) is 1. The van der Waals surface area contributed by atoms with Gasteiger partial charge in [0.2, 0.25) is 0 Å². The van der Waals surface area contributed by atoms with Gasteiger partial charge in [0.25, 0.3) is 11.6 Å². The number of nitrogens with two attached hydrogens (primary N) is 1. The quantitative estimate of drug-likeness (QED) is 0.581. The number of phenols is 1. The fourth-order valence-electron chi connectivity index (χ4n) is 1.35. The molecule has 0 aliphatic carbocycles. The molecule has 0 aromatic heterocycles. The Hall–Kier alpha value is -1.22. The zero-order valence-electron chi connectivity index (χ0n) is 9.22. The number of aliphatic hydroxyl groups is 1. The van der Waals surface area contributed by atoms with Gasteiger partial charge in [0, 0.05) is 6.07 Å². The van der Waals surface area contributed by atoms with E-state index in [-0.39, 0.29) is 17.4 Å². The lowest BCUT2D eigenvalue weighted by Gasteiger charge is -2.22. The van der Waals surface area contributed by atoms with Crippen molar-refractivity contribution in [2.24, 2.45) is 5.73 Å². The molecule has 0 heterocycles. The average Bonchev–Trinajstić information content (AvgIpc) is 2.31. The van der Waals surface area contributed by atoms with Crippen molar-refractivity contribution in [1.82, 2.24) is 0 Å². The second-order valence-electron chi connectivity index (χ2n) is 3.48. The van der Waals surface area contributed by atoms with Gasteiger partial charge in [-0.1, -0.05) is 11.6 Å². The molecule has 0 spiro atoms. The second kappa shape index (κ2) is 6.29. The van der Waals surface area contributed by atoms with Crippen LogP contribution >= 0.6 is 24.0 Å². The summed E-state index contributed by atoms with van der Waals surface area (Å²) in [5.41, 5.74) is 3.55. The molecule has 1 atom stereocenters. The first-order valence-corrected chi connectivity index (χ1v) is 5.00. The number of benzene rings is 1. The zero-order valence-corrected chi connectivity index (χ0v) is 10.8. The minimum Gasteiger partial charge on any atom is -0.506 e. The number of nitro benzene ring substituents is 1. The third kappa shape index (κ3) is 3.41. The van der Waals surface area contributed by atoms with Crippen LogP contribution in [0.1, 0.15) is 11.6 Å². The van der Waals surface area contributed by atoms with Crippen LogP contribution in [0.25, 0.3) is 0 Å². The van der Waals surface area contributed by atoms with E-state index in [2.05, 4.69) is 0 Å². The molecule has 10 heteroatoms. The summed E-state index contributed by atoms with van der Waals surface area (Å²) in [6.45, 7) is -1.61. The average molecular weight is 319 g/mol. The highest BCUT2D eigenvalue weighted by Gasteiger charge is 2.42. The van der Waals surface area contributed by atoms with Crippen molar-refractivity contribution >= 4 is 29.7 Å². The summed E-state index contributed by atoms with van der Waals surface area (Å²) in [6.07, 6.45) is 0. The Bertz CT molecular complexity index is 488. The molecule has 0 aliphatic rings. The molecule has 6 nitrogen and oxygen atoms in total. The molecule has 0 saturated carbocycles. The van der Waals surface area contributed by atoms with Gasteiger partial charge in [0.15, 0.2) is 0 Å². The predicted molar refractivity (Wildman–Crippen MR) is 66.0 cm³/mol. The van der Waals surface area contributed by atoms with Crippen LogP contribution < -0.4 is 5.73 Å². The molecular weight excluding hydrogens is 309 g/mol. The third-order valence-electron chi connectivity index (χ3n) is 2.32. The van der Waals surface area contributed by atoms with Gasteiger partial charge in [0.1, 0.15) is 18.4 Å². The van der Waals surface area contributed by atoms with Crippen molar-refractivity contribution < 1.29 is 23.9 Å². The maximum atomic E-state index is 13.2. The van der Waals surface area contributed by atoms with E-state index in [0.29, 0.717) is 0 Å². The number of alkyl halides is 2. The fraction of sp³-hybridized carbons (Fsp3) is 0.333. The maximum absolute atomic E-state index is 13.2. The molecule has 1 aromatic rings. The Labute approximate surface area is 117 Å². The summed E-state index contributed by atoms with van der Waals surface area (Å²) < 4.78 is 26.5. The van der Waals surface area contributed by atoms with Crippen molar-refractivity contribution in [3.05, 3.63) is 32.8 Å². The van der Waals surface area contributed by atoms with Crippen LogP contribution in [0.15, 0.2) is 12.1 Å². The van der Waals surface area contributed by atoms with E-state index in [1.807, 2.05) is 0 Å². The van der Waals surface area contributed by atoms with Crippen LogP contribution in [0.3, 0.4) is 0 Å². The molecule has 0 aliphatic heterocycles. The number of nitro groups is 1. The van der Waals surface area contributed by atoms with E-state index in [0.717, 1.165) is 12.1 Å². The summed E-state index contributed by atoms with van der Waals surface area (Å²) in [7, 11) is 0. The van der Waals surface area contributed by atoms with E-state index < -0.39 is 40.5 Å². The Morgan fingerprint density at radius 3 is 2.47 bits per heavy atom. The molecule has 108 valence electrons. The van der Waals surface area contributed by atoms with Gasteiger partial charge in [-0.05, 0) is 6.07 Å². The number of hydrogen-bond acceptors (Lipinski definition) is 5. The number of halogens is 4. The van der Waals surface area contributed by atoms with E-state index >= 15 is 0 Å². The molecule has 0 amide bonds. The van der Waals surface area contributed by atoms with Gasteiger partial charge in [-0.15, -0.1) is 12.4 Å². The van der Waals surface area contributed by atoms with E-state index in [4.69, 9.17) is 22.4 Å². The second-order valence-corrected chi connectivity index (χ2v) is 3.89. The normalized spacial score (nSPS) is 12.7. The van der Waals surface area contributed by atoms with Crippen LogP contribution in [0.4, 0.5) is 14.5 Å². The smallest absolute Gasteiger partial charge is 0.289 e. The van der Waals surface area contributed by atoms with Crippen LogP contribution in [0.5, 0.6) is 5.75 Å². The van der Waals surface area contributed by atoms with Crippen molar-refractivity contribution in [2.75, 3.05) is 6.61 Å². The number of rotatable bonds is 4. The molecule has 0 bridgehead atoms. The van der Waals surface area contributed by atoms with Gasteiger partial charge in [0.05, 0.1) is 15.5 Å². The van der Waals surface area contributed by atoms with Crippen molar-refractivity contribution in [2.45, 2.75) is 12.0 Å². The Kier molecular flexibility index (Phi) is 5.88. The Balaban J connectivity index is 0.00000324. The largest absolute Gasteiger partial charge is 0.506 e. The number of hydrogen-bond donors (Lipinski definition) is 3. The van der Waals surface area contributed by atoms with Crippen LogP contribution in [-0.4, -0.2) is 27.7 Å². The number of aliphatic hydroxyl groups excluding tert-OH is 1. The lowest BCUT2D eigenvalue weighted by molar-refractivity contribution is -0.386. The highest BCUT2D eigenvalue weighted by Crippen LogP contribution is 2.42. The third-order valence-corrected chi connectivity index (χ3v) is 2.62. The topological polar surface area (TPSA) is 110 Å². The molecule has 4 N–H and O–H groups in total. The summed E-state index contributed by atoms with van der Waals surface area (Å²) >= 11 is 5.49. The monoisotopic (exact) mass is 318 g/mol. The van der Waals surface area contributed by atoms with Gasteiger partial charge in [-0.3, -0.25) is 10.1 Å². The van der Waals surface area contributed by atoms with Crippen molar-refractivity contribution in [3.8, 4) is 5.75 Å². The lowest BCUT2D eigenvalue weighted by Crippen LogP contribution is -2.36. The van der Waals surface area contributed by atoms with Crippen molar-refractivity contribution in [3.63, 3.8) is 0 Å². The standard InChI is InChI=1S/C9H9ClF2N2O4.ClH/c10-4-1-2-5(14(17)18)6(7(4)16)8(13)9(11,12)3-15;/h1-2,8,15-16H,3,13H2;1H/t8-;/m1./s1. The Morgan fingerprint density at radius 1 is 1.53 bits per heavy atom. The minimum atomic E-state index is -3.83. The molecule has 19 heavy (non-hydrogen) atoms. The van der Waals surface area contributed by atoms with E-state index in [1.54, 1.807) is 0 Å². The number of aromatic hydroxyl groups is 1. The summed E-state index contributed by atoms with van der Waals surface area (Å²) in [6, 6.07) is -0.408. The molecule has 1 aromatic carbocycles. The van der Waals surface area contributed by atoms with Crippen LogP contribution in [0.2, 0.25) is 5.02 Å². The summed E-state index contributed by atoms with van der Waals surface area (Å²) in [5, 5.41) is 28.4. The van der Waals surface area contributed by atoms with Gasteiger partial charge in [-0.2, -0.15) is 0 Å². The summed E-state index contributed by atoms with van der Waals surface area (Å²) in [4.78, 5) is 9.72. The molecule has 0 unspecified atom stereocenters. The first-order valence-electron chi connectivity index (χ1n) is 4.62. The predicted octanol–water partition coefficient (Wildman–Crippen LogP) is 2.00. The minimum absolute atomic E-state index is 0. The van der Waals surface area contributed by atoms with Crippen molar-refractivity contribution in [1.29, 1.82) is 0 Å². The SMILES string of the molecule is Cl.N[C@H](c1c([N+](=O)[O-])ccc(Cl)c1O)C(F)(F)CO. The lowest BCUT2D eigenvalue weighted by atomic mass is 9.99. The van der Waals surface area contributed by atoms with Gasteiger partial charge in [-0.25, -0.2) is 8.78 Å². The number of phenolic OH excluding ortho intramolecular Hbond substituents is 1. The Morgan fingerprint density at radius 2 is 2.05 bits per heavy atom. The van der Waals surface area contributed by atoms with Gasteiger partial charge < -0.3 is 15.9 Å². The summed E-state index contributed by atoms with van der Waals surface area (Å²) in [5.74, 6) is -4.72. The molecular formula is C9H10Cl2F2N2O4. The fourth-order valence-corrected chi connectivity index (χ4v) is 1.51.